The van der Waals surface area contributed by atoms with E-state index < -0.39 is 5.82 Å². The molecule has 0 bridgehead atoms. The van der Waals surface area contributed by atoms with Crippen LogP contribution in [-0.2, 0) is 11.2 Å². The summed E-state index contributed by atoms with van der Waals surface area (Å²) in [7, 11) is 1.60. The van der Waals surface area contributed by atoms with Crippen molar-refractivity contribution in [3.63, 3.8) is 0 Å². The number of amides is 1. The average Bonchev–Trinajstić information content (AvgIpc) is 3.06. The molecule has 1 unspecified atom stereocenters. The highest BCUT2D eigenvalue weighted by molar-refractivity contribution is 5.79. The van der Waals surface area contributed by atoms with E-state index >= 15 is 0 Å². The van der Waals surface area contributed by atoms with E-state index in [1.807, 2.05) is 24.3 Å². The fourth-order valence-corrected chi connectivity index (χ4v) is 2.63. The molecule has 1 amide bonds. The molecule has 2 heterocycles. The molecule has 1 aliphatic heterocycles. The van der Waals surface area contributed by atoms with Gasteiger partial charge in [-0.15, -0.1) is 0 Å². The molecule has 126 valence electrons. The third-order valence-electron chi connectivity index (χ3n) is 3.86. The highest BCUT2D eigenvalue weighted by Gasteiger charge is 2.28. The molecule has 0 spiro atoms. The Morgan fingerprint density at radius 3 is 2.92 bits per heavy atom. The third-order valence-corrected chi connectivity index (χ3v) is 3.86. The van der Waals surface area contributed by atoms with Gasteiger partial charge in [0, 0.05) is 13.0 Å². The molecular weight excluding hydrogens is 313 g/mol. The number of hydrogen-bond acceptors (Lipinski definition) is 5. The Hall–Kier alpha value is -2.70. The summed E-state index contributed by atoms with van der Waals surface area (Å²) in [6.07, 6.45) is 2.96. The van der Waals surface area contributed by atoms with Gasteiger partial charge >= 0.3 is 6.01 Å². The molecule has 0 aliphatic carbocycles. The number of methoxy groups -OCH3 is 1. The zero-order valence-electron chi connectivity index (χ0n) is 13.3. The topological polar surface area (TPSA) is 64.5 Å². The molecule has 1 fully saturated rings. The maximum absolute atomic E-state index is 12.8. The summed E-state index contributed by atoms with van der Waals surface area (Å²) < 4.78 is 23.5. The number of carbonyl (C=O) groups excluding carboxylic acids is 1. The van der Waals surface area contributed by atoms with Gasteiger partial charge in [-0.3, -0.25) is 4.79 Å². The number of carbonyl (C=O) groups is 1. The first-order valence-electron chi connectivity index (χ1n) is 7.69. The van der Waals surface area contributed by atoms with E-state index in [9.17, 15) is 9.18 Å². The largest absolute Gasteiger partial charge is 0.497 e. The summed E-state index contributed by atoms with van der Waals surface area (Å²) in [5, 5.41) is 0. The third kappa shape index (κ3) is 3.98. The van der Waals surface area contributed by atoms with Gasteiger partial charge in [0.25, 0.3) is 0 Å². The Bertz CT molecular complexity index is 708. The molecule has 1 saturated heterocycles. The van der Waals surface area contributed by atoms with E-state index in [1.165, 1.54) is 0 Å². The van der Waals surface area contributed by atoms with Gasteiger partial charge in [-0.1, -0.05) is 12.1 Å². The highest BCUT2D eigenvalue weighted by Crippen LogP contribution is 2.18. The van der Waals surface area contributed by atoms with Crippen LogP contribution < -0.4 is 9.47 Å². The van der Waals surface area contributed by atoms with E-state index in [0.717, 1.165) is 23.7 Å². The second-order valence-electron chi connectivity index (χ2n) is 5.58. The van der Waals surface area contributed by atoms with Crippen LogP contribution in [0, 0.1) is 5.82 Å². The first kappa shape index (κ1) is 16.2. The minimum atomic E-state index is -0.510. The van der Waals surface area contributed by atoms with Crippen LogP contribution in [0.2, 0.25) is 0 Å². The van der Waals surface area contributed by atoms with Crippen molar-refractivity contribution in [2.45, 2.75) is 18.9 Å². The Morgan fingerprint density at radius 2 is 2.17 bits per heavy atom. The van der Waals surface area contributed by atoms with Gasteiger partial charge in [0.05, 0.1) is 32.5 Å². The molecule has 24 heavy (non-hydrogen) atoms. The van der Waals surface area contributed by atoms with Gasteiger partial charge in [-0.25, -0.2) is 14.4 Å². The number of ether oxygens (including phenoxy) is 2. The van der Waals surface area contributed by atoms with Crippen molar-refractivity contribution in [3.8, 4) is 11.8 Å². The summed E-state index contributed by atoms with van der Waals surface area (Å²) in [5.74, 6) is 0.259. The fraction of sp³-hybridized carbons (Fsp3) is 0.353. The monoisotopic (exact) mass is 331 g/mol. The quantitative estimate of drug-likeness (QED) is 0.836. The van der Waals surface area contributed by atoms with Crippen molar-refractivity contribution in [1.29, 1.82) is 0 Å². The number of aromatic nitrogens is 2. The lowest BCUT2D eigenvalue weighted by molar-refractivity contribution is -0.129. The molecule has 7 heteroatoms. The Labute approximate surface area is 139 Å². The van der Waals surface area contributed by atoms with Gasteiger partial charge in [0.15, 0.2) is 5.82 Å². The molecule has 3 rings (SSSR count). The van der Waals surface area contributed by atoms with Crippen LogP contribution in [0.5, 0.6) is 11.8 Å². The minimum Gasteiger partial charge on any atom is -0.497 e. The number of rotatable bonds is 5. The SMILES string of the molecule is COc1cccc(CC(=O)N2CCC(Oc3ncc(F)cn3)C2)c1. The van der Waals surface area contributed by atoms with Crippen LogP contribution in [0.4, 0.5) is 4.39 Å². The van der Waals surface area contributed by atoms with Crippen molar-refractivity contribution in [1.82, 2.24) is 14.9 Å². The van der Waals surface area contributed by atoms with Crippen LogP contribution in [0.15, 0.2) is 36.7 Å². The maximum Gasteiger partial charge on any atom is 0.316 e. The van der Waals surface area contributed by atoms with Gasteiger partial charge in [0.1, 0.15) is 11.9 Å². The number of hydrogen-bond donors (Lipinski definition) is 0. The normalized spacial score (nSPS) is 16.9. The summed E-state index contributed by atoms with van der Waals surface area (Å²) in [6, 6.07) is 7.59. The lowest BCUT2D eigenvalue weighted by Crippen LogP contribution is -2.32. The van der Waals surface area contributed by atoms with Crippen molar-refractivity contribution < 1.29 is 18.7 Å². The molecular formula is C17H18FN3O3. The number of likely N-dealkylation sites (tertiary alicyclic amines) is 1. The lowest BCUT2D eigenvalue weighted by atomic mass is 10.1. The maximum atomic E-state index is 12.8. The van der Waals surface area contributed by atoms with Crippen LogP contribution in [-0.4, -0.2) is 47.1 Å². The molecule has 6 nitrogen and oxygen atoms in total. The number of halogens is 1. The molecule has 0 radical (unpaired) electrons. The van der Waals surface area contributed by atoms with Crippen LogP contribution in [0.1, 0.15) is 12.0 Å². The summed E-state index contributed by atoms with van der Waals surface area (Å²) in [4.78, 5) is 21.7. The lowest BCUT2D eigenvalue weighted by Gasteiger charge is -2.17. The van der Waals surface area contributed by atoms with Crippen molar-refractivity contribution in [3.05, 3.63) is 48.0 Å². The fourth-order valence-electron chi connectivity index (χ4n) is 2.63. The molecule has 1 atom stereocenters. The van der Waals surface area contributed by atoms with Gasteiger partial charge in [-0.2, -0.15) is 0 Å². The molecule has 2 aromatic rings. The van der Waals surface area contributed by atoms with Gasteiger partial charge in [-0.05, 0) is 17.7 Å². The van der Waals surface area contributed by atoms with Crippen LogP contribution in [0.25, 0.3) is 0 Å². The predicted octanol–water partition coefficient (Wildman–Crippen LogP) is 1.85. The Balaban J connectivity index is 1.54. The van der Waals surface area contributed by atoms with E-state index in [2.05, 4.69) is 9.97 Å². The number of nitrogens with zero attached hydrogens (tertiary/aromatic N) is 3. The Kier molecular flexibility index (Phi) is 4.88. The first-order valence-corrected chi connectivity index (χ1v) is 7.69. The first-order chi connectivity index (χ1) is 11.6. The highest BCUT2D eigenvalue weighted by atomic mass is 19.1. The second-order valence-corrected chi connectivity index (χ2v) is 5.58. The minimum absolute atomic E-state index is 0.0365. The van der Waals surface area contributed by atoms with E-state index in [-0.39, 0.29) is 18.0 Å². The predicted molar refractivity (Wildman–Crippen MR) is 84.3 cm³/mol. The molecule has 1 aromatic carbocycles. The van der Waals surface area contributed by atoms with Crippen molar-refractivity contribution in [2.24, 2.45) is 0 Å². The standard InChI is InChI=1S/C17H18FN3O3/c1-23-14-4-2-3-12(7-14)8-16(22)21-6-5-15(11-21)24-17-19-9-13(18)10-20-17/h2-4,7,9-10,15H,5-6,8,11H2,1H3. The van der Waals surface area contributed by atoms with Gasteiger partial charge < -0.3 is 14.4 Å². The average molecular weight is 331 g/mol. The smallest absolute Gasteiger partial charge is 0.316 e. The van der Waals surface area contributed by atoms with Crippen molar-refractivity contribution in [2.75, 3.05) is 20.2 Å². The van der Waals surface area contributed by atoms with Gasteiger partial charge in [0.2, 0.25) is 5.91 Å². The van der Waals surface area contributed by atoms with E-state index in [4.69, 9.17) is 9.47 Å². The zero-order valence-corrected chi connectivity index (χ0v) is 13.3. The van der Waals surface area contributed by atoms with Crippen molar-refractivity contribution >= 4 is 5.91 Å². The molecule has 1 aliphatic rings. The zero-order chi connectivity index (χ0) is 16.9. The molecule has 1 aromatic heterocycles. The molecule has 0 saturated carbocycles. The number of benzene rings is 1. The van der Waals surface area contributed by atoms with Crippen LogP contribution >= 0.6 is 0 Å². The molecule has 0 N–H and O–H groups in total. The van der Waals surface area contributed by atoms with E-state index in [1.54, 1.807) is 12.0 Å². The summed E-state index contributed by atoms with van der Waals surface area (Å²) in [5.41, 5.74) is 0.908. The summed E-state index contributed by atoms with van der Waals surface area (Å²) in [6.45, 7) is 1.10. The Morgan fingerprint density at radius 1 is 1.38 bits per heavy atom. The van der Waals surface area contributed by atoms with E-state index in [0.29, 0.717) is 25.9 Å². The van der Waals surface area contributed by atoms with Crippen LogP contribution in [0.3, 0.4) is 0 Å². The second kappa shape index (κ2) is 7.25. The summed E-state index contributed by atoms with van der Waals surface area (Å²) >= 11 is 0.